The smallest absolute Gasteiger partial charge is 0.246 e. The summed E-state index contributed by atoms with van der Waals surface area (Å²) in [5.41, 5.74) is 9.19. The van der Waals surface area contributed by atoms with E-state index in [1.807, 2.05) is 4.90 Å². The molecule has 2 aliphatic rings. The first-order valence-corrected chi connectivity index (χ1v) is 13.5. The second-order valence-electron chi connectivity index (χ2n) is 10.5. The van der Waals surface area contributed by atoms with E-state index in [9.17, 15) is 13.6 Å². The zero-order valence-corrected chi connectivity index (χ0v) is 21.1. The van der Waals surface area contributed by atoms with E-state index in [1.165, 1.54) is 53.6 Å². The lowest BCUT2D eigenvalue weighted by Crippen LogP contribution is -2.51. The zero-order valence-electron chi connectivity index (χ0n) is 21.1. The van der Waals surface area contributed by atoms with Crippen molar-refractivity contribution in [1.82, 2.24) is 15.2 Å². The predicted molar refractivity (Wildman–Crippen MR) is 144 cm³/mol. The van der Waals surface area contributed by atoms with Gasteiger partial charge in [0.1, 0.15) is 11.6 Å². The van der Waals surface area contributed by atoms with Gasteiger partial charge in [-0.2, -0.15) is 0 Å². The van der Waals surface area contributed by atoms with Gasteiger partial charge in [-0.25, -0.2) is 8.78 Å². The maximum atomic E-state index is 13.4. The van der Waals surface area contributed by atoms with Gasteiger partial charge >= 0.3 is 0 Å². The Morgan fingerprint density at radius 3 is 2.46 bits per heavy atom. The lowest BCUT2D eigenvalue weighted by Gasteiger charge is -2.39. The number of benzene rings is 2. The SMILES string of the molecule is NCC(NC1CCC(c2c[nH]c3ccccc23)CC1)C1CCN(C(=O)C=Cc2cc(F)cc(F)c2)CC1. The number of hydrogen-bond donors (Lipinski definition) is 3. The Morgan fingerprint density at radius 2 is 1.76 bits per heavy atom. The number of carbonyl (C=O) groups excluding carboxylic acids is 1. The first-order valence-electron chi connectivity index (χ1n) is 13.5. The number of amides is 1. The van der Waals surface area contributed by atoms with Crippen LogP contribution in [-0.4, -0.2) is 47.5 Å². The highest BCUT2D eigenvalue weighted by atomic mass is 19.1. The number of para-hydroxylation sites is 1. The molecule has 1 aliphatic heterocycles. The molecule has 1 saturated heterocycles. The molecule has 7 heteroatoms. The van der Waals surface area contributed by atoms with Crippen LogP contribution in [-0.2, 0) is 4.79 Å². The van der Waals surface area contributed by atoms with Crippen LogP contribution >= 0.6 is 0 Å². The van der Waals surface area contributed by atoms with Gasteiger partial charge in [-0.05, 0) is 85.8 Å². The van der Waals surface area contributed by atoms with Gasteiger partial charge in [0, 0.05) is 61.0 Å². The minimum absolute atomic E-state index is 0.129. The third-order valence-electron chi connectivity index (χ3n) is 8.22. The van der Waals surface area contributed by atoms with Crippen LogP contribution in [0.1, 0.15) is 55.6 Å². The van der Waals surface area contributed by atoms with Crippen molar-refractivity contribution in [3.05, 3.63) is 77.5 Å². The molecule has 0 spiro atoms. The number of nitrogens with zero attached hydrogens (tertiary/aromatic N) is 1. The van der Waals surface area contributed by atoms with E-state index in [1.54, 1.807) is 0 Å². The van der Waals surface area contributed by atoms with E-state index in [4.69, 9.17) is 5.73 Å². The second kappa shape index (κ2) is 11.6. The van der Waals surface area contributed by atoms with E-state index >= 15 is 0 Å². The summed E-state index contributed by atoms with van der Waals surface area (Å²) in [6.45, 7) is 1.92. The highest BCUT2D eigenvalue weighted by Crippen LogP contribution is 2.37. The van der Waals surface area contributed by atoms with E-state index in [0.717, 1.165) is 31.7 Å². The molecule has 1 saturated carbocycles. The van der Waals surface area contributed by atoms with E-state index in [-0.39, 0.29) is 11.9 Å². The fourth-order valence-corrected chi connectivity index (χ4v) is 6.17. The van der Waals surface area contributed by atoms with Crippen molar-refractivity contribution in [2.75, 3.05) is 19.6 Å². The van der Waals surface area contributed by atoms with Crippen molar-refractivity contribution < 1.29 is 13.6 Å². The summed E-state index contributed by atoms with van der Waals surface area (Å²) in [5, 5.41) is 5.20. The average Bonchev–Trinajstić information content (AvgIpc) is 3.34. The average molecular weight is 507 g/mol. The van der Waals surface area contributed by atoms with Gasteiger partial charge in [0.05, 0.1) is 0 Å². The number of aromatic nitrogens is 1. The number of hydrogen-bond acceptors (Lipinski definition) is 3. The minimum Gasteiger partial charge on any atom is -0.361 e. The number of carbonyl (C=O) groups is 1. The molecule has 0 radical (unpaired) electrons. The van der Waals surface area contributed by atoms with Crippen molar-refractivity contribution in [1.29, 1.82) is 0 Å². The quantitative estimate of drug-likeness (QED) is 0.379. The highest BCUT2D eigenvalue weighted by molar-refractivity contribution is 5.91. The standard InChI is InChI=1S/C30H36F2N4O/c31-23-15-20(16-24(32)17-23)5-10-30(37)36-13-11-22(12-14-36)29(18-33)35-25-8-6-21(7-9-25)27-19-34-28-4-2-1-3-26(27)28/h1-5,10,15-17,19,21-22,25,29,34-35H,6-9,11-14,18,33H2. The maximum Gasteiger partial charge on any atom is 0.246 e. The number of aromatic amines is 1. The molecule has 1 unspecified atom stereocenters. The van der Waals surface area contributed by atoms with E-state index in [0.29, 0.717) is 43.1 Å². The molecule has 1 aliphatic carbocycles. The lowest BCUT2D eigenvalue weighted by atomic mass is 9.80. The topological polar surface area (TPSA) is 74.2 Å². The Kier molecular flexibility index (Phi) is 8.01. The molecule has 37 heavy (non-hydrogen) atoms. The van der Waals surface area contributed by atoms with Crippen LogP contribution in [0.5, 0.6) is 0 Å². The minimum atomic E-state index is -0.653. The molecule has 0 bridgehead atoms. The number of nitrogens with one attached hydrogen (secondary N) is 2. The molecule has 2 aromatic carbocycles. The van der Waals surface area contributed by atoms with E-state index < -0.39 is 11.6 Å². The van der Waals surface area contributed by atoms with Crippen molar-refractivity contribution in [3.63, 3.8) is 0 Å². The maximum absolute atomic E-state index is 13.4. The highest BCUT2D eigenvalue weighted by Gasteiger charge is 2.30. The Balaban J connectivity index is 1.09. The van der Waals surface area contributed by atoms with Crippen molar-refractivity contribution >= 4 is 22.9 Å². The summed E-state index contributed by atoms with van der Waals surface area (Å²) >= 11 is 0. The van der Waals surface area contributed by atoms with Crippen LogP contribution in [0.2, 0.25) is 0 Å². The lowest BCUT2D eigenvalue weighted by molar-refractivity contribution is -0.127. The van der Waals surface area contributed by atoms with Crippen LogP contribution in [0.3, 0.4) is 0 Å². The molecular weight excluding hydrogens is 470 g/mol. The molecule has 4 N–H and O–H groups in total. The van der Waals surface area contributed by atoms with Crippen LogP contribution in [0.25, 0.3) is 17.0 Å². The summed E-state index contributed by atoms with van der Waals surface area (Å²) in [4.78, 5) is 17.9. The Bertz CT molecular complexity index is 1220. The zero-order chi connectivity index (χ0) is 25.8. The molecule has 2 heterocycles. The summed E-state index contributed by atoms with van der Waals surface area (Å²) in [6, 6.07) is 12.5. The van der Waals surface area contributed by atoms with Gasteiger partial charge < -0.3 is 20.9 Å². The number of nitrogens with two attached hydrogens (primary N) is 1. The first kappa shape index (κ1) is 25.6. The van der Waals surface area contributed by atoms with Crippen molar-refractivity contribution in [2.24, 2.45) is 11.7 Å². The van der Waals surface area contributed by atoms with Crippen LogP contribution in [0.15, 0.2) is 54.7 Å². The normalized spacial score (nSPS) is 22.1. The summed E-state index contributed by atoms with van der Waals surface area (Å²) in [7, 11) is 0. The summed E-state index contributed by atoms with van der Waals surface area (Å²) in [6.07, 6.45) is 11.5. The van der Waals surface area contributed by atoms with Crippen LogP contribution in [0.4, 0.5) is 8.78 Å². The summed E-state index contributed by atoms with van der Waals surface area (Å²) in [5.74, 6) is -0.409. The number of halogens is 2. The molecule has 3 aromatic rings. The second-order valence-corrected chi connectivity index (χ2v) is 10.5. The first-order chi connectivity index (χ1) is 18.0. The van der Waals surface area contributed by atoms with Crippen LogP contribution < -0.4 is 11.1 Å². The fraction of sp³-hybridized carbons (Fsp3) is 0.433. The molecule has 5 nitrogen and oxygen atoms in total. The Labute approximate surface area is 217 Å². The molecule has 1 aromatic heterocycles. The monoisotopic (exact) mass is 506 g/mol. The summed E-state index contributed by atoms with van der Waals surface area (Å²) < 4.78 is 26.8. The molecule has 1 amide bonds. The number of fused-ring (bicyclic) bond motifs is 1. The van der Waals surface area contributed by atoms with Crippen molar-refractivity contribution in [2.45, 2.75) is 56.5 Å². The Hall–Kier alpha value is -3.03. The van der Waals surface area contributed by atoms with Crippen molar-refractivity contribution in [3.8, 4) is 0 Å². The van der Waals surface area contributed by atoms with Gasteiger partial charge in [-0.1, -0.05) is 18.2 Å². The number of likely N-dealkylation sites (tertiary alicyclic amines) is 1. The largest absolute Gasteiger partial charge is 0.361 e. The number of H-pyrrole nitrogens is 1. The van der Waals surface area contributed by atoms with Crippen LogP contribution in [0, 0.1) is 17.6 Å². The molecule has 196 valence electrons. The van der Waals surface area contributed by atoms with Gasteiger partial charge in [0.15, 0.2) is 0 Å². The third-order valence-corrected chi connectivity index (χ3v) is 8.22. The van der Waals surface area contributed by atoms with E-state index in [2.05, 4.69) is 40.8 Å². The Morgan fingerprint density at radius 1 is 1.05 bits per heavy atom. The van der Waals surface area contributed by atoms with Gasteiger partial charge in [-0.3, -0.25) is 4.79 Å². The fourth-order valence-electron chi connectivity index (χ4n) is 6.17. The molecular formula is C30H36F2N4O. The van der Waals surface area contributed by atoms with Gasteiger partial charge in [-0.15, -0.1) is 0 Å². The number of rotatable bonds is 7. The molecule has 2 fully saturated rings. The van der Waals surface area contributed by atoms with Gasteiger partial charge in [0.25, 0.3) is 0 Å². The number of piperidine rings is 1. The molecule has 1 atom stereocenters. The predicted octanol–water partition coefficient (Wildman–Crippen LogP) is 5.34. The third kappa shape index (κ3) is 6.11. The van der Waals surface area contributed by atoms with Gasteiger partial charge in [0.2, 0.25) is 5.91 Å². The molecule has 5 rings (SSSR count).